The van der Waals surface area contributed by atoms with E-state index in [-0.39, 0.29) is 5.75 Å². The molecule has 1 N–H and O–H groups in total. The minimum Gasteiger partial charge on any atom is -0.508 e. The fourth-order valence-corrected chi connectivity index (χ4v) is 3.09. The number of halogens is 1. The van der Waals surface area contributed by atoms with E-state index in [0.29, 0.717) is 5.02 Å². The highest BCUT2D eigenvalue weighted by Gasteiger charge is 2.09. The third-order valence-electron chi connectivity index (χ3n) is 4.22. The Balaban J connectivity index is 1.91. The maximum absolute atomic E-state index is 9.56. The summed E-state index contributed by atoms with van der Waals surface area (Å²) < 4.78 is 0. The van der Waals surface area contributed by atoms with Crippen molar-refractivity contribution < 1.29 is 5.11 Å². The lowest BCUT2D eigenvalue weighted by Crippen LogP contribution is -1.91. The SMILES string of the molecule is Oc1ccc(-c2cc(-c3ccccc3)cc(-c3cccc(Cl)c3)n2)cc1. The normalized spacial score (nSPS) is 10.7. The summed E-state index contributed by atoms with van der Waals surface area (Å²) in [6, 6.07) is 29.1. The second-order valence-corrected chi connectivity index (χ2v) is 6.49. The van der Waals surface area contributed by atoms with Gasteiger partial charge in [0.2, 0.25) is 0 Å². The van der Waals surface area contributed by atoms with Crippen molar-refractivity contribution in [2.75, 3.05) is 0 Å². The molecule has 26 heavy (non-hydrogen) atoms. The molecular formula is C23H16ClNO. The monoisotopic (exact) mass is 357 g/mol. The van der Waals surface area contributed by atoms with Crippen molar-refractivity contribution in [1.82, 2.24) is 4.98 Å². The molecule has 4 aromatic rings. The van der Waals surface area contributed by atoms with E-state index in [4.69, 9.17) is 16.6 Å². The van der Waals surface area contributed by atoms with Gasteiger partial charge in [-0.3, -0.25) is 0 Å². The Morgan fingerprint density at radius 2 is 1.23 bits per heavy atom. The van der Waals surface area contributed by atoms with Crippen LogP contribution >= 0.6 is 11.6 Å². The van der Waals surface area contributed by atoms with E-state index in [1.54, 1.807) is 12.1 Å². The minimum absolute atomic E-state index is 0.239. The summed E-state index contributed by atoms with van der Waals surface area (Å²) in [5, 5.41) is 10.2. The Labute approximate surface area is 157 Å². The molecule has 0 unspecified atom stereocenters. The molecule has 4 rings (SSSR count). The smallest absolute Gasteiger partial charge is 0.115 e. The summed E-state index contributed by atoms with van der Waals surface area (Å²) in [7, 11) is 0. The first-order chi connectivity index (χ1) is 12.7. The molecule has 0 amide bonds. The van der Waals surface area contributed by atoms with E-state index >= 15 is 0 Å². The van der Waals surface area contributed by atoms with Crippen LogP contribution in [0.15, 0.2) is 91.0 Å². The summed E-state index contributed by atoms with van der Waals surface area (Å²) in [4.78, 5) is 4.83. The molecule has 1 aromatic heterocycles. The highest BCUT2D eigenvalue weighted by molar-refractivity contribution is 6.30. The number of aromatic hydroxyl groups is 1. The van der Waals surface area contributed by atoms with Gasteiger partial charge in [-0.1, -0.05) is 54.1 Å². The Bertz CT molecular complexity index is 1040. The number of phenols is 1. The third-order valence-corrected chi connectivity index (χ3v) is 4.45. The Morgan fingerprint density at radius 3 is 1.92 bits per heavy atom. The topological polar surface area (TPSA) is 33.1 Å². The molecule has 0 bridgehead atoms. The fraction of sp³-hybridized carbons (Fsp3) is 0. The van der Waals surface area contributed by atoms with Gasteiger partial charge in [-0.2, -0.15) is 0 Å². The molecule has 3 aromatic carbocycles. The highest BCUT2D eigenvalue weighted by Crippen LogP contribution is 2.31. The van der Waals surface area contributed by atoms with Crippen LogP contribution in [0.25, 0.3) is 33.6 Å². The van der Waals surface area contributed by atoms with Gasteiger partial charge in [-0.05, 0) is 59.7 Å². The van der Waals surface area contributed by atoms with Crippen molar-refractivity contribution in [1.29, 1.82) is 0 Å². The van der Waals surface area contributed by atoms with E-state index in [1.807, 2.05) is 54.6 Å². The molecule has 0 aliphatic rings. The van der Waals surface area contributed by atoms with E-state index in [1.165, 1.54) is 0 Å². The first-order valence-corrected chi connectivity index (χ1v) is 8.70. The Hall–Kier alpha value is -3.10. The summed E-state index contributed by atoms with van der Waals surface area (Å²) in [6.07, 6.45) is 0. The second kappa shape index (κ2) is 7.03. The Kier molecular flexibility index (Phi) is 4.42. The van der Waals surface area contributed by atoms with Crippen molar-refractivity contribution in [3.05, 3.63) is 96.0 Å². The molecule has 0 saturated heterocycles. The van der Waals surface area contributed by atoms with Gasteiger partial charge in [0.05, 0.1) is 11.4 Å². The van der Waals surface area contributed by atoms with Gasteiger partial charge in [0.25, 0.3) is 0 Å². The largest absolute Gasteiger partial charge is 0.508 e. The predicted molar refractivity (Wildman–Crippen MR) is 107 cm³/mol. The van der Waals surface area contributed by atoms with Gasteiger partial charge >= 0.3 is 0 Å². The molecule has 0 atom stereocenters. The van der Waals surface area contributed by atoms with Crippen molar-refractivity contribution >= 4 is 11.6 Å². The van der Waals surface area contributed by atoms with Crippen LogP contribution in [0.4, 0.5) is 0 Å². The zero-order valence-corrected chi connectivity index (χ0v) is 14.7. The number of benzene rings is 3. The van der Waals surface area contributed by atoms with Crippen molar-refractivity contribution in [3.8, 4) is 39.4 Å². The van der Waals surface area contributed by atoms with Gasteiger partial charge < -0.3 is 5.11 Å². The number of hydrogen-bond acceptors (Lipinski definition) is 2. The summed E-state index contributed by atoms with van der Waals surface area (Å²) in [5.41, 5.74) is 5.83. The van der Waals surface area contributed by atoms with Gasteiger partial charge in [0.1, 0.15) is 5.75 Å². The number of pyridine rings is 1. The number of hydrogen-bond donors (Lipinski definition) is 1. The zero-order valence-electron chi connectivity index (χ0n) is 13.9. The van der Waals surface area contributed by atoms with E-state index in [9.17, 15) is 5.11 Å². The number of aromatic nitrogens is 1. The lowest BCUT2D eigenvalue weighted by atomic mass is 10.00. The number of rotatable bonds is 3. The quantitative estimate of drug-likeness (QED) is 0.457. The van der Waals surface area contributed by atoms with Crippen LogP contribution in [0, 0.1) is 0 Å². The molecule has 3 heteroatoms. The van der Waals surface area contributed by atoms with E-state index < -0.39 is 0 Å². The first-order valence-electron chi connectivity index (χ1n) is 8.32. The van der Waals surface area contributed by atoms with Gasteiger partial charge in [0.15, 0.2) is 0 Å². The van der Waals surface area contributed by atoms with E-state index in [0.717, 1.165) is 33.6 Å². The predicted octanol–water partition coefficient (Wildman–Crippen LogP) is 6.44. The molecule has 0 saturated carbocycles. The lowest BCUT2D eigenvalue weighted by molar-refractivity contribution is 0.475. The average Bonchev–Trinajstić information content (AvgIpc) is 2.69. The maximum atomic E-state index is 9.56. The maximum Gasteiger partial charge on any atom is 0.115 e. The molecule has 0 fully saturated rings. The molecular weight excluding hydrogens is 342 g/mol. The van der Waals surface area contributed by atoms with Crippen LogP contribution in [-0.2, 0) is 0 Å². The summed E-state index contributed by atoms with van der Waals surface area (Å²) in [5.74, 6) is 0.239. The van der Waals surface area contributed by atoms with E-state index in [2.05, 4.69) is 24.3 Å². The number of phenolic OH excluding ortho intramolecular Hbond substituents is 1. The van der Waals surface area contributed by atoms with Crippen LogP contribution in [0.3, 0.4) is 0 Å². The number of nitrogens with zero attached hydrogens (tertiary/aromatic N) is 1. The van der Waals surface area contributed by atoms with Crippen molar-refractivity contribution in [2.45, 2.75) is 0 Å². The summed E-state index contributed by atoms with van der Waals surface area (Å²) >= 11 is 6.17. The highest BCUT2D eigenvalue weighted by atomic mass is 35.5. The minimum atomic E-state index is 0.239. The average molecular weight is 358 g/mol. The summed E-state index contributed by atoms with van der Waals surface area (Å²) in [6.45, 7) is 0. The van der Waals surface area contributed by atoms with Crippen molar-refractivity contribution in [2.24, 2.45) is 0 Å². The van der Waals surface area contributed by atoms with Crippen LogP contribution in [0.5, 0.6) is 5.75 Å². The second-order valence-electron chi connectivity index (χ2n) is 6.05. The zero-order chi connectivity index (χ0) is 17.9. The van der Waals surface area contributed by atoms with Crippen LogP contribution in [0.1, 0.15) is 0 Å². The van der Waals surface area contributed by atoms with Crippen LogP contribution < -0.4 is 0 Å². The van der Waals surface area contributed by atoms with Crippen LogP contribution in [-0.4, -0.2) is 10.1 Å². The third kappa shape index (κ3) is 3.46. The fourth-order valence-electron chi connectivity index (χ4n) is 2.90. The molecule has 0 aliphatic heterocycles. The molecule has 0 radical (unpaired) electrons. The van der Waals surface area contributed by atoms with Gasteiger partial charge in [-0.15, -0.1) is 0 Å². The molecule has 1 heterocycles. The van der Waals surface area contributed by atoms with Gasteiger partial charge in [-0.25, -0.2) is 4.98 Å². The molecule has 0 aliphatic carbocycles. The first kappa shape index (κ1) is 16.4. The van der Waals surface area contributed by atoms with Crippen LogP contribution in [0.2, 0.25) is 5.02 Å². The van der Waals surface area contributed by atoms with Gasteiger partial charge in [0, 0.05) is 16.1 Å². The molecule has 126 valence electrons. The lowest BCUT2D eigenvalue weighted by Gasteiger charge is -2.10. The molecule has 2 nitrogen and oxygen atoms in total. The standard InChI is InChI=1S/C23H16ClNO/c24-20-8-4-7-18(13-20)23-15-19(16-5-2-1-3-6-16)14-22(25-23)17-9-11-21(26)12-10-17/h1-15,26H. The van der Waals surface area contributed by atoms with Crippen molar-refractivity contribution in [3.63, 3.8) is 0 Å². The molecule has 0 spiro atoms. The Morgan fingerprint density at radius 1 is 0.577 bits per heavy atom.